The first-order chi connectivity index (χ1) is 12.7. The number of nitrogens with zero attached hydrogens (tertiary/aromatic N) is 2. The maximum atomic E-state index is 12.4. The molecule has 0 radical (unpaired) electrons. The van der Waals surface area contributed by atoms with Crippen molar-refractivity contribution >= 4 is 23.2 Å². The zero-order valence-electron chi connectivity index (χ0n) is 15.0. The topological polar surface area (TPSA) is 42.0 Å². The average molecular weight is 377 g/mol. The third kappa shape index (κ3) is 3.75. The second kappa shape index (κ2) is 7.99. The molecule has 26 heavy (non-hydrogen) atoms. The first-order valence-electron chi connectivity index (χ1n) is 9.48. The summed E-state index contributed by atoms with van der Waals surface area (Å²) in [6, 6.07) is 5.89. The van der Waals surface area contributed by atoms with Crippen molar-refractivity contribution < 1.29 is 14.3 Å². The van der Waals surface area contributed by atoms with Crippen LogP contribution in [0.2, 0.25) is 5.02 Å². The maximum Gasteiger partial charge on any atom is 0.251 e. The van der Waals surface area contributed by atoms with Crippen molar-refractivity contribution in [1.29, 1.82) is 0 Å². The van der Waals surface area contributed by atoms with E-state index in [2.05, 4.69) is 4.90 Å². The molecule has 2 heterocycles. The number of hydrogen-bond acceptors (Lipinski definition) is 4. The third-order valence-electron chi connectivity index (χ3n) is 5.44. The van der Waals surface area contributed by atoms with E-state index in [0.29, 0.717) is 17.4 Å². The van der Waals surface area contributed by atoms with Gasteiger partial charge in [-0.05, 0) is 43.0 Å². The molecule has 1 amide bonds. The van der Waals surface area contributed by atoms with E-state index in [1.165, 1.54) is 18.4 Å². The predicted octanol–water partition coefficient (Wildman–Crippen LogP) is 3.27. The summed E-state index contributed by atoms with van der Waals surface area (Å²) in [5.74, 6) is 0.746. The van der Waals surface area contributed by atoms with Crippen LogP contribution in [0.5, 0.6) is 5.75 Å². The van der Waals surface area contributed by atoms with Crippen LogP contribution in [0.25, 0.3) is 0 Å². The van der Waals surface area contributed by atoms with Gasteiger partial charge in [0.25, 0.3) is 5.91 Å². The number of hydrogen-bond donors (Lipinski definition) is 0. The van der Waals surface area contributed by atoms with Crippen molar-refractivity contribution in [2.45, 2.75) is 31.7 Å². The molecule has 140 valence electrons. The summed E-state index contributed by atoms with van der Waals surface area (Å²) in [6.07, 6.45) is 6.23. The molecule has 3 aliphatic rings. The maximum absolute atomic E-state index is 12.4. The first-order valence-corrected chi connectivity index (χ1v) is 9.86. The van der Waals surface area contributed by atoms with Gasteiger partial charge in [0.2, 0.25) is 0 Å². The minimum Gasteiger partial charge on any atom is -0.491 e. The molecule has 1 aromatic rings. The highest BCUT2D eigenvalue weighted by atomic mass is 35.5. The number of morpholine rings is 1. The Morgan fingerprint density at radius 1 is 1.23 bits per heavy atom. The molecule has 0 bridgehead atoms. The molecule has 2 fully saturated rings. The molecule has 5 nitrogen and oxygen atoms in total. The predicted molar refractivity (Wildman–Crippen MR) is 102 cm³/mol. The summed E-state index contributed by atoms with van der Waals surface area (Å²) in [7, 11) is 0. The molecule has 1 unspecified atom stereocenters. The summed E-state index contributed by atoms with van der Waals surface area (Å²) >= 11 is 6.44. The standard InChI is InChI=1S/C20H25ClN2O3/c21-17-14-16(23-18-4-2-1-3-15(18)13-20(23)24)5-6-19(17)26-12-9-22-7-10-25-11-8-22/h5-6,13-14,18H,1-4,7-12H2. The van der Waals surface area contributed by atoms with Gasteiger partial charge in [0.1, 0.15) is 12.4 Å². The molecular weight excluding hydrogens is 352 g/mol. The number of amides is 1. The van der Waals surface area contributed by atoms with Crippen LogP contribution in [0.15, 0.2) is 29.8 Å². The molecule has 1 aliphatic carbocycles. The monoisotopic (exact) mass is 376 g/mol. The molecule has 1 aromatic carbocycles. The second-order valence-electron chi connectivity index (χ2n) is 7.11. The van der Waals surface area contributed by atoms with Gasteiger partial charge >= 0.3 is 0 Å². The van der Waals surface area contributed by atoms with Crippen LogP contribution in [-0.2, 0) is 9.53 Å². The molecule has 0 spiro atoms. The van der Waals surface area contributed by atoms with Crippen LogP contribution in [0.4, 0.5) is 5.69 Å². The zero-order chi connectivity index (χ0) is 17.9. The van der Waals surface area contributed by atoms with Crippen molar-refractivity contribution in [3.63, 3.8) is 0 Å². The van der Waals surface area contributed by atoms with Crippen LogP contribution in [-0.4, -0.2) is 56.3 Å². The Hall–Kier alpha value is -1.56. The Labute approximate surface area is 159 Å². The van der Waals surface area contributed by atoms with Gasteiger partial charge in [0, 0.05) is 31.4 Å². The summed E-state index contributed by atoms with van der Waals surface area (Å²) < 4.78 is 11.2. The molecule has 1 saturated heterocycles. The average Bonchev–Trinajstić information content (AvgIpc) is 2.99. The lowest BCUT2D eigenvalue weighted by atomic mass is 9.91. The van der Waals surface area contributed by atoms with Crippen LogP contribution < -0.4 is 9.64 Å². The molecule has 2 aliphatic heterocycles. The summed E-state index contributed by atoms with van der Waals surface area (Å²) in [6.45, 7) is 4.93. The van der Waals surface area contributed by atoms with E-state index in [1.807, 2.05) is 29.2 Å². The van der Waals surface area contributed by atoms with E-state index in [4.69, 9.17) is 21.1 Å². The van der Waals surface area contributed by atoms with E-state index in [-0.39, 0.29) is 11.9 Å². The van der Waals surface area contributed by atoms with Crippen LogP contribution in [0.1, 0.15) is 25.7 Å². The fraction of sp³-hybridized carbons (Fsp3) is 0.550. The van der Waals surface area contributed by atoms with Gasteiger partial charge in [-0.25, -0.2) is 0 Å². The number of carbonyl (C=O) groups excluding carboxylic acids is 1. The smallest absolute Gasteiger partial charge is 0.251 e. The Bertz CT molecular complexity index is 700. The minimum absolute atomic E-state index is 0.0731. The summed E-state index contributed by atoms with van der Waals surface area (Å²) in [5, 5.41) is 0.557. The SMILES string of the molecule is O=C1C=C2CCCCC2N1c1ccc(OCCN2CCOCC2)c(Cl)c1. The van der Waals surface area contributed by atoms with Gasteiger partial charge in [0.05, 0.1) is 24.3 Å². The number of carbonyl (C=O) groups is 1. The summed E-state index contributed by atoms with van der Waals surface area (Å²) in [4.78, 5) is 16.7. The number of rotatable bonds is 5. The lowest BCUT2D eigenvalue weighted by Crippen LogP contribution is -2.38. The number of benzene rings is 1. The van der Waals surface area contributed by atoms with Gasteiger partial charge in [0.15, 0.2) is 0 Å². The Morgan fingerprint density at radius 2 is 2.08 bits per heavy atom. The van der Waals surface area contributed by atoms with E-state index < -0.39 is 0 Å². The lowest BCUT2D eigenvalue weighted by molar-refractivity contribution is -0.113. The fourth-order valence-corrected chi connectivity index (χ4v) is 4.27. The van der Waals surface area contributed by atoms with E-state index >= 15 is 0 Å². The Kier molecular flexibility index (Phi) is 5.48. The van der Waals surface area contributed by atoms with E-state index in [0.717, 1.165) is 51.4 Å². The van der Waals surface area contributed by atoms with E-state index in [9.17, 15) is 4.79 Å². The van der Waals surface area contributed by atoms with Crippen molar-refractivity contribution in [3.8, 4) is 5.75 Å². The summed E-state index contributed by atoms with van der Waals surface area (Å²) in [5.41, 5.74) is 2.13. The Morgan fingerprint density at radius 3 is 2.88 bits per heavy atom. The van der Waals surface area contributed by atoms with Crippen molar-refractivity contribution in [2.75, 3.05) is 44.4 Å². The first kappa shape index (κ1) is 17.8. The van der Waals surface area contributed by atoms with Crippen LogP contribution in [0, 0.1) is 0 Å². The van der Waals surface area contributed by atoms with Crippen molar-refractivity contribution in [1.82, 2.24) is 4.90 Å². The van der Waals surface area contributed by atoms with Crippen molar-refractivity contribution in [3.05, 3.63) is 34.9 Å². The third-order valence-corrected chi connectivity index (χ3v) is 5.74. The van der Waals surface area contributed by atoms with Crippen molar-refractivity contribution in [2.24, 2.45) is 0 Å². The fourth-order valence-electron chi connectivity index (χ4n) is 4.04. The van der Waals surface area contributed by atoms with E-state index in [1.54, 1.807) is 0 Å². The zero-order valence-corrected chi connectivity index (χ0v) is 15.7. The van der Waals surface area contributed by atoms with Gasteiger partial charge in [-0.15, -0.1) is 0 Å². The minimum atomic E-state index is 0.0731. The van der Waals surface area contributed by atoms with Gasteiger partial charge in [-0.3, -0.25) is 9.69 Å². The molecule has 1 atom stereocenters. The highest BCUT2D eigenvalue weighted by Gasteiger charge is 2.35. The largest absolute Gasteiger partial charge is 0.491 e. The molecule has 6 heteroatoms. The molecule has 4 rings (SSSR count). The molecule has 0 aromatic heterocycles. The molecule has 0 N–H and O–H groups in total. The van der Waals surface area contributed by atoms with Gasteiger partial charge in [-0.1, -0.05) is 18.0 Å². The van der Waals surface area contributed by atoms with Crippen LogP contribution in [0.3, 0.4) is 0 Å². The normalized spacial score (nSPS) is 23.7. The number of fused-ring (bicyclic) bond motifs is 1. The number of anilines is 1. The van der Waals surface area contributed by atoms with Gasteiger partial charge < -0.3 is 14.4 Å². The highest BCUT2D eigenvalue weighted by Crippen LogP contribution is 2.38. The number of ether oxygens (including phenoxy) is 2. The second-order valence-corrected chi connectivity index (χ2v) is 7.51. The van der Waals surface area contributed by atoms with Gasteiger partial charge in [-0.2, -0.15) is 0 Å². The highest BCUT2D eigenvalue weighted by molar-refractivity contribution is 6.32. The lowest BCUT2D eigenvalue weighted by Gasteiger charge is -2.30. The quantitative estimate of drug-likeness (QED) is 0.791. The number of halogens is 1. The van der Waals surface area contributed by atoms with Crippen LogP contribution >= 0.6 is 11.6 Å². The molecular formula is C20H25ClN2O3. The Balaban J connectivity index is 1.39. The molecule has 1 saturated carbocycles.